The molecule has 0 aliphatic heterocycles. The van der Waals surface area contributed by atoms with Crippen LogP contribution >= 0.6 is 0 Å². The number of carbonyl (C=O) groups is 1. The van der Waals surface area contributed by atoms with Crippen LogP contribution in [-0.2, 0) is 6.54 Å². The number of nitrogens with two attached hydrogens (primary N) is 1. The number of nitrogens with zero attached hydrogens (tertiary/aromatic N) is 1. The molecule has 1 aliphatic rings. The van der Waals surface area contributed by atoms with Crippen molar-refractivity contribution in [3.8, 4) is 0 Å². The van der Waals surface area contributed by atoms with Crippen LogP contribution < -0.4 is 5.73 Å². The molecule has 1 amide bonds. The number of hydrogen-bond acceptors (Lipinski definition) is 2. The molecule has 1 atom stereocenters. The summed E-state index contributed by atoms with van der Waals surface area (Å²) in [4.78, 5) is 13.6. The first kappa shape index (κ1) is 14.1. The van der Waals surface area contributed by atoms with Gasteiger partial charge in [0.2, 0.25) is 5.91 Å². The molecule has 0 spiro atoms. The van der Waals surface area contributed by atoms with Gasteiger partial charge in [-0.1, -0.05) is 26.0 Å². The molecule has 2 rings (SSSR count). The van der Waals surface area contributed by atoms with Crippen molar-refractivity contribution in [3.05, 3.63) is 35.4 Å². The van der Waals surface area contributed by atoms with Crippen LogP contribution in [0, 0.1) is 5.92 Å². The van der Waals surface area contributed by atoms with Crippen molar-refractivity contribution in [2.45, 2.75) is 52.2 Å². The standard InChI is InChI=1S/C16H24N2O/c1-11(2)12(3)18(15-8-9-15)10-13-4-6-14(7-5-13)16(17)19/h4-7,11-12,15H,8-10H2,1-3H3,(H2,17,19)/t12-/m1/s1. The summed E-state index contributed by atoms with van der Waals surface area (Å²) in [5.41, 5.74) is 7.10. The van der Waals surface area contributed by atoms with Gasteiger partial charge >= 0.3 is 0 Å². The molecular formula is C16H24N2O. The smallest absolute Gasteiger partial charge is 0.248 e. The molecule has 3 nitrogen and oxygen atoms in total. The van der Waals surface area contributed by atoms with Gasteiger partial charge in [-0.05, 0) is 43.4 Å². The zero-order valence-electron chi connectivity index (χ0n) is 12.1. The normalized spacial score (nSPS) is 16.9. The molecule has 19 heavy (non-hydrogen) atoms. The molecular weight excluding hydrogens is 236 g/mol. The topological polar surface area (TPSA) is 46.3 Å². The van der Waals surface area contributed by atoms with E-state index in [1.165, 1.54) is 18.4 Å². The molecule has 1 saturated carbocycles. The summed E-state index contributed by atoms with van der Waals surface area (Å²) in [5, 5.41) is 0. The van der Waals surface area contributed by atoms with Crippen molar-refractivity contribution < 1.29 is 4.79 Å². The van der Waals surface area contributed by atoms with E-state index in [9.17, 15) is 4.79 Å². The fraction of sp³-hybridized carbons (Fsp3) is 0.562. The highest BCUT2D eigenvalue weighted by molar-refractivity contribution is 5.92. The van der Waals surface area contributed by atoms with Crippen LogP contribution in [0.15, 0.2) is 24.3 Å². The van der Waals surface area contributed by atoms with Gasteiger partial charge in [0.25, 0.3) is 0 Å². The summed E-state index contributed by atoms with van der Waals surface area (Å²) in [6.07, 6.45) is 2.63. The van der Waals surface area contributed by atoms with Crippen LogP contribution in [0.3, 0.4) is 0 Å². The van der Waals surface area contributed by atoms with Crippen molar-refractivity contribution in [1.29, 1.82) is 0 Å². The fourth-order valence-electron chi connectivity index (χ4n) is 2.38. The quantitative estimate of drug-likeness (QED) is 0.855. The fourth-order valence-corrected chi connectivity index (χ4v) is 2.38. The predicted molar refractivity (Wildman–Crippen MR) is 77.8 cm³/mol. The molecule has 1 fully saturated rings. The highest BCUT2D eigenvalue weighted by Crippen LogP contribution is 2.32. The zero-order valence-corrected chi connectivity index (χ0v) is 12.1. The lowest BCUT2D eigenvalue weighted by atomic mass is 10.0. The van der Waals surface area contributed by atoms with Gasteiger partial charge in [0.1, 0.15) is 0 Å². The van der Waals surface area contributed by atoms with Crippen LogP contribution in [0.1, 0.15) is 49.5 Å². The first-order valence-electron chi connectivity index (χ1n) is 7.13. The van der Waals surface area contributed by atoms with Crippen LogP contribution in [-0.4, -0.2) is 22.9 Å². The van der Waals surface area contributed by atoms with E-state index < -0.39 is 0 Å². The van der Waals surface area contributed by atoms with Crippen molar-refractivity contribution in [2.75, 3.05) is 0 Å². The molecule has 0 aromatic heterocycles. The average molecular weight is 260 g/mol. The Kier molecular flexibility index (Phi) is 4.25. The van der Waals surface area contributed by atoms with Gasteiger partial charge in [0.15, 0.2) is 0 Å². The lowest BCUT2D eigenvalue weighted by Gasteiger charge is -2.32. The summed E-state index contributed by atoms with van der Waals surface area (Å²) in [6.45, 7) is 7.82. The lowest BCUT2D eigenvalue weighted by Crippen LogP contribution is -2.37. The maximum Gasteiger partial charge on any atom is 0.248 e. The molecule has 0 radical (unpaired) electrons. The van der Waals surface area contributed by atoms with Crippen LogP contribution in [0.5, 0.6) is 0 Å². The van der Waals surface area contributed by atoms with Gasteiger partial charge < -0.3 is 5.73 Å². The summed E-state index contributed by atoms with van der Waals surface area (Å²) in [7, 11) is 0. The van der Waals surface area contributed by atoms with Crippen LogP contribution in [0.25, 0.3) is 0 Å². The minimum atomic E-state index is -0.360. The maximum absolute atomic E-state index is 11.1. The zero-order chi connectivity index (χ0) is 14.0. The van der Waals surface area contributed by atoms with E-state index >= 15 is 0 Å². The Bertz CT molecular complexity index is 435. The van der Waals surface area contributed by atoms with E-state index in [1.807, 2.05) is 24.3 Å². The summed E-state index contributed by atoms with van der Waals surface area (Å²) in [6, 6.07) is 9.01. The summed E-state index contributed by atoms with van der Waals surface area (Å²) < 4.78 is 0. The number of carbonyl (C=O) groups excluding carboxylic acids is 1. The van der Waals surface area contributed by atoms with Crippen molar-refractivity contribution in [2.24, 2.45) is 11.7 Å². The van der Waals surface area contributed by atoms with Gasteiger partial charge in [0, 0.05) is 24.2 Å². The van der Waals surface area contributed by atoms with E-state index in [2.05, 4.69) is 25.7 Å². The molecule has 1 aromatic carbocycles. The second-order valence-corrected chi connectivity index (χ2v) is 5.95. The molecule has 104 valence electrons. The molecule has 0 heterocycles. The third-order valence-corrected chi connectivity index (χ3v) is 4.11. The highest BCUT2D eigenvalue weighted by Gasteiger charge is 2.33. The minimum Gasteiger partial charge on any atom is -0.366 e. The van der Waals surface area contributed by atoms with Gasteiger partial charge in [0.05, 0.1) is 0 Å². The SMILES string of the molecule is CC(C)[C@@H](C)N(Cc1ccc(C(N)=O)cc1)C1CC1. The van der Waals surface area contributed by atoms with Crippen LogP contribution in [0.4, 0.5) is 0 Å². The number of amides is 1. The van der Waals surface area contributed by atoms with Crippen molar-refractivity contribution in [3.63, 3.8) is 0 Å². The highest BCUT2D eigenvalue weighted by atomic mass is 16.1. The predicted octanol–water partition coefficient (Wildman–Crippen LogP) is 2.79. The Labute approximate surface area is 115 Å². The van der Waals surface area contributed by atoms with Gasteiger partial charge in [-0.15, -0.1) is 0 Å². The summed E-state index contributed by atoms with van der Waals surface area (Å²) >= 11 is 0. The molecule has 2 N–H and O–H groups in total. The molecule has 1 aliphatic carbocycles. The molecule has 0 saturated heterocycles. The number of primary amides is 1. The Morgan fingerprint density at radius 2 is 1.84 bits per heavy atom. The monoisotopic (exact) mass is 260 g/mol. The Morgan fingerprint density at radius 3 is 2.26 bits per heavy atom. The van der Waals surface area contributed by atoms with Crippen LogP contribution in [0.2, 0.25) is 0 Å². The molecule has 0 bridgehead atoms. The lowest BCUT2D eigenvalue weighted by molar-refractivity contribution is 0.1000. The van der Waals surface area contributed by atoms with E-state index in [1.54, 1.807) is 0 Å². The number of benzene rings is 1. The van der Waals surface area contributed by atoms with Gasteiger partial charge in [-0.3, -0.25) is 9.69 Å². The molecule has 0 unspecified atom stereocenters. The molecule has 1 aromatic rings. The van der Waals surface area contributed by atoms with E-state index in [-0.39, 0.29) is 5.91 Å². The third kappa shape index (κ3) is 3.57. The summed E-state index contributed by atoms with van der Waals surface area (Å²) in [5.74, 6) is 0.298. The number of rotatable bonds is 6. The van der Waals surface area contributed by atoms with Gasteiger partial charge in [-0.25, -0.2) is 0 Å². The molecule has 3 heteroatoms. The Hall–Kier alpha value is -1.35. The largest absolute Gasteiger partial charge is 0.366 e. The van der Waals surface area contributed by atoms with E-state index in [4.69, 9.17) is 5.73 Å². The first-order valence-corrected chi connectivity index (χ1v) is 7.13. The van der Waals surface area contributed by atoms with Crippen molar-refractivity contribution in [1.82, 2.24) is 4.90 Å². The Morgan fingerprint density at radius 1 is 1.26 bits per heavy atom. The number of hydrogen-bond donors (Lipinski definition) is 1. The third-order valence-electron chi connectivity index (χ3n) is 4.11. The van der Waals surface area contributed by atoms with Gasteiger partial charge in [-0.2, -0.15) is 0 Å². The average Bonchev–Trinajstić information content (AvgIpc) is 3.19. The Balaban J connectivity index is 2.06. The maximum atomic E-state index is 11.1. The van der Waals surface area contributed by atoms with E-state index in [0.717, 1.165) is 12.6 Å². The minimum absolute atomic E-state index is 0.360. The first-order chi connectivity index (χ1) is 8.99. The van der Waals surface area contributed by atoms with Crippen molar-refractivity contribution >= 4 is 5.91 Å². The second kappa shape index (κ2) is 5.74. The van der Waals surface area contributed by atoms with E-state index in [0.29, 0.717) is 17.5 Å². The second-order valence-electron chi connectivity index (χ2n) is 5.95.